The Bertz CT molecular complexity index is 979. The van der Waals surface area contributed by atoms with Crippen LogP contribution in [0.4, 0.5) is 10.8 Å². The summed E-state index contributed by atoms with van der Waals surface area (Å²) in [4.78, 5) is 20.6. The highest BCUT2D eigenvalue weighted by Crippen LogP contribution is 2.27. The Morgan fingerprint density at radius 3 is 2.27 bits per heavy atom. The van der Waals surface area contributed by atoms with E-state index in [1.807, 2.05) is 17.0 Å². The van der Waals surface area contributed by atoms with Crippen LogP contribution in [0, 0.1) is 0 Å². The Morgan fingerprint density at radius 2 is 1.63 bits per heavy atom. The number of benzene rings is 1. The highest BCUT2D eigenvalue weighted by Gasteiger charge is 2.29. The van der Waals surface area contributed by atoms with Crippen LogP contribution in [0.3, 0.4) is 0 Å². The number of carbonyl (C=O) groups excluding carboxylic acids is 1. The lowest BCUT2D eigenvalue weighted by molar-refractivity contribution is 0.0710. The minimum absolute atomic E-state index is 0.302. The van der Waals surface area contributed by atoms with Crippen molar-refractivity contribution in [3.8, 4) is 0 Å². The van der Waals surface area contributed by atoms with E-state index < -0.39 is 15.9 Å². The Kier molecular flexibility index (Phi) is 6.23. The van der Waals surface area contributed by atoms with E-state index in [1.165, 1.54) is 29.8 Å². The van der Waals surface area contributed by atoms with E-state index in [4.69, 9.17) is 5.21 Å². The molecule has 4 rings (SSSR count). The maximum atomic E-state index is 13.1. The lowest BCUT2D eigenvalue weighted by atomic mass is 10.1. The minimum atomic E-state index is -3.55. The van der Waals surface area contributed by atoms with Gasteiger partial charge in [-0.25, -0.2) is 18.9 Å². The first-order valence-corrected chi connectivity index (χ1v) is 12.2. The zero-order valence-electron chi connectivity index (χ0n) is 16.5. The fourth-order valence-corrected chi connectivity index (χ4v) is 6.10. The molecule has 2 N–H and O–H groups in total. The van der Waals surface area contributed by atoms with E-state index in [2.05, 4.69) is 9.88 Å². The molecule has 2 saturated heterocycles. The second-order valence-corrected chi connectivity index (χ2v) is 10.3. The second kappa shape index (κ2) is 8.88. The first-order valence-electron chi connectivity index (χ1n) is 9.99. The second-order valence-electron chi connectivity index (χ2n) is 7.38. The number of sulfonamides is 1. The van der Waals surface area contributed by atoms with E-state index in [9.17, 15) is 13.2 Å². The van der Waals surface area contributed by atoms with Gasteiger partial charge in [-0.2, -0.15) is 4.31 Å². The fraction of sp³-hybridized carbons (Fsp3) is 0.474. The number of rotatable bonds is 5. The maximum absolute atomic E-state index is 13.1. The number of piperazine rings is 1. The summed E-state index contributed by atoms with van der Waals surface area (Å²) in [6.45, 7) is 3.70. The van der Waals surface area contributed by atoms with E-state index in [-0.39, 0.29) is 0 Å². The number of nitrogens with one attached hydrogen (secondary N) is 1. The van der Waals surface area contributed by atoms with Gasteiger partial charge < -0.3 is 9.80 Å². The van der Waals surface area contributed by atoms with Crippen LogP contribution in [0.1, 0.15) is 28.9 Å². The summed E-state index contributed by atoms with van der Waals surface area (Å²) in [7, 11) is -3.55. The number of carbonyl (C=O) groups is 1. The molecule has 2 fully saturated rings. The predicted molar refractivity (Wildman–Crippen MR) is 115 cm³/mol. The molecule has 1 amide bonds. The molecule has 2 aliphatic heterocycles. The molecule has 3 heterocycles. The predicted octanol–water partition coefficient (Wildman–Crippen LogP) is 1.76. The van der Waals surface area contributed by atoms with Gasteiger partial charge in [0.25, 0.3) is 5.91 Å². The van der Waals surface area contributed by atoms with Crippen molar-refractivity contribution in [1.29, 1.82) is 0 Å². The average molecular weight is 452 g/mol. The van der Waals surface area contributed by atoms with Crippen LogP contribution in [0.25, 0.3) is 0 Å². The lowest BCUT2D eigenvalue weighted by Gasteiger charge is -2.34. The van der Waals surface area contributed by atoms with Gasteiger partial charge in [-0.3, -0.25) is 10.0 Å². The van der Waals surface area contributed by atoms with E-state index in [0.29, 0.717) is 41.1 Å². The fourth-order valence-electron chi connectivity index (χ4n) is 3.82. The molecule has 1 aromatic carbocycles. The molecule has 162 valence electrons. The van der Waals surface area contributed by atoms with Crippen molar-refractivity contribution >= 4 is 38.1 Å². The number of hydroxylamine groups is 1. The Labute approximate surface area is 179 Å². The van der Waals surface area contributed by atoms with Gasteiger partial charge in [-0.15, -0.1) is 0 Å². The maximum Gasteiger partial charge on any atom is 0.286 e. The van der Waals surface area contributed by atoms with Crippen LogP contribution in [0.5, 0.6) is 0 Å². The van der Waals surface area contributed by atoms with Crippen LogP contribution in [0.2, 0.25) is 0 Å². The summed E-state index contributed by atoms with van der Waals surface area (Å²) in [5, 5.41) is 9.36. The number of nitrogens with zero attached hydrogens (tertiary/aromatic N) is 4. The highest BCUT2D eigenvalue weighted by molar-refractivity contribution is 7.89. The standard InChI is InChI=1S/C19H25N5O4S2/c25-18(21-26)17-14-20-19(29-17)23-10-12-24(13-11-23)30(27,28)16-6-4-15(5-7-16)22-8-2-1-3-9-22/h4-7,14,26H,1-3,8-13H2,(H,21,25). The van der Waals surface area contributed by atoms with Crippen molar-refractivity contribution in [3.63, 3.8) is 0 Å². The molecule has 0 aliphatic carbocycles. The zero-order valence-corrected chi connectivity index (χ0v) is 18.2. The number of piperidine rings is 1. The van der Waals surface area contributed by atoms with Gasteiger partial charge in [-0.05, 0) is 43.5 Å². The molecule has 9 nitrogen and oxygen atoms in total. The summed E-state index contributed by atoms with van der Waals surface area (Å²) < 4.78 is 27.6. The first-order chi connectivity index (χ1) is 14.5. The van der Waals surface area contributed by atoms with Gasteiger partial charge in [0, 0.05) is 45.0 Å². The van der Waals surface area contributed by atoms with Crippen molar-refractivity contribution in [2.45, 2.75) is 24.2 Å². The van der Waals surface area contributed by atoms with Crippen LogP contribution < -0.4 is 15.3 Å². The summed E-state index contributed by atoms with van der Waals surface area (Å²) in [5.41, 5.74) is 2.66. The van der Waals surface area contributed by atoms with Gasteiger partial charge in [0.2, 0.25) is 10.0 Å². The van der Waals surface area contributed by atoms with Crippen molar-refractivity contribution in [3.05, 3.63) is 35.3 Å². The number of thiazole rings is 1. The molecule has 0 radical (unpaired) electrons. The molecule has 0 atom stereocenters. The average Bonchev–Trinajstić information content (AvgIpc) is 3.30. The normalized spacial score (nSPS) is 18.4. The van der Waals surface area contributed by atoms with Crippen LogP contribution >= 0.6 is 11.3 Å². The van der Waals surface area contributed by atoms with Crippen molar-refractivity contribution < 1.29 is 18.4 Å². The Balaban J connectivity index is 1.39. The van der Waals surface area contributed by atoms with Crippen LogP contribution in [-0.2, 0) is 10.0 Å². The minimum Gasteiger partial charge on any atom is -0.372 e. The zero-order chi connectivity index (χ0) is 21.1. The van der Waals surface area contributed by atoms with E-state index in [0.717, 1.165) is 30.1 Å². The van der Waals surface area contributed by atoms with Crippen molar-refractivity contribution in [1.82, 2.24) is 14.8 Å². The number of anilines is 2. The smallest absolute Gasteiger partial charge is 0.286 e. The SMILES string of the molecule is O=C(NO)c1cnc(N2CCN(S(=O)(=O)c3ccc(N4CCCCC4)cc3)CC2)s1. The molecule has 0 saturated carbocycles. The lowest BCUT2D eigenvalue weighted by Crippen LogP contribution is -2.48. The number of hydrogen-bond acceptors (Lipinski definition) is 8. The third-order valence-electron chi connectivity index (χ3n) is 5.52. The van der Waals surface area contributed by atoms with Crippen LogP contribution in [0.15, 0.2) is 35.4 Å². The molecular weight excluding hydrogens is 426 g/mol. The van der Waals surface area contributed by atoms with Crippen molar-refractivity contribution in [2.75, 3.05) is 49.1 Å². The van der Waals surface area contributed by atoms with Gasteiger partial charge in [0.05, 0.1) is 11.1 Å². The molecular formula is C19H25N5O4S2. The molecule has 0 bridgehead atoms. The van der Waals surface area contributed by atoms with Crippen molar-refractivity contribution in [2.24, 2.45) is 0 Å². The number of hydrogen-bond donors (Lipinski definition) is 2. The Hall–Kier alpha value is -2.21. The molecule has 2 aliphatic rings. The summed E-state index contributed by atoms with van der Waals surface area (Å²) in [5.74, 6) is -0.604. The monoisotopic (exact) mass is 451 g/mol. The largest absolute Gasteiger partial charge is 0.372 e. The van der Waals surface area contributed by atoms with E-state index >= 15 is 0 Å². The van der Waals surface area contributed by atoms with Gasteiger partial charge in [0.15, 0.2) is 5.13 Å². The molecule has 2 aromatic rings. The van der Waals surface area contributed by atoms with Crippen LogP contribution in [-0.4, -0.2) is 68.1 Å². The molecule has 0 unspecified atom stereocenters. The molecule has 11 heteroatoms. The molecule has 30 heavy (non-hydrogen) atoms. The summed E-state index contributed by atoms with van der Waals surface area (Å²) in [6, 6.07) is 7.20. The topological polar surface area (TPSA) is 106 Å². The Morgan fingerprint density at radius 1 is 0.967 bits per heavy atom. The van der Waals surface area contributed by atoms with Gasteiger partial charge >= 0.3 is 0 Å². The van der Waals surface area contributed by atoms with Gasteiger partial charge in [-0.1, -0.05) is 11.3 Å². The first kappa shape index (κ1) is 21.0. The molecule has 1 aromatic heterocycles. The summed E-state index contributed by atoms with van der Waals surface area (Å²) in [6.07, 6.45) is 5.01. The number of aromatic nitrogens is 1. The third-order valence-corrected chi connectivity index (χ3v) is 8.49. The summed E-state index contributed by atoms with van der Waals surface area (Å²) >= 11 is 1.16. The highest BCUT2D eigenvalue weighted by atomic mass is 32.2. The molecule has 0 spiro atoms. The van der Waals surface area contributed by atoms with Gasteiger partial charge in [0.1, 0.15) is 4.88 Å². The van der Waals surface area contributed by atoms with E-state index in [1.54, 1.807) is 17.6 Å². The third kappa shape index (κ3) is 4.29. The quantitative estimate of drug-likeness (QED) is 0.527. The number of amides is 1.